The normalized spacial score (nSPS) is 11.7. The van der Waals surface area contributed by atoms with Crippen LogP contribution in [0.25, 0.3) is 11.1 Å². The molecule has 0 saturated carbocycles. The zero-order chi connectivity index (χ0) is 13.3. The highest BCUT2D eigenvalue weighted by atomic mass is 32.2. The number of hydrogen-bond acceptors (Lipinski definition) is 3. The number of aryl methyl sites for hydroxylation is 2. The van der Waals surface area contributed by atoms with E-state index in [9.17, 15) is 8.42 Å². The third-order valence-corrected chi connectivity index (χ3v) is 4.06. The van der Waals surface area contributed by atoms with Crippen molar-refractivity contribution in [3.05, 3.63) is 35.7 Å². The highest BCUT2D eigenvalue weighted by Crippen LogP contribution is 2.27. The Morgan fingerprint density at radius 1 is 1.22 bits per heavy atom. The van der Waals surface area contributed by atoms with E-state index in [0.29, 0.717) is 4.90 Å². The first-order valence-electron chi connectivity index (χ1n) is 5.77. The summed E-state index contributed by atoms with van der Waals surface area (Å²) in [4.78, 5) is 0.338. The van der Waals surface area contributed by atoms with E-state index in [0.717, 1.165) is 28.9 Å². The van der Waals surface area contributed by atoms with Crippen molar-refractivity contribution in [1.82, 2.24) is 10.2 Å². The molecule has 0 aliphatic heterocycles. The van der Waals surface area contributed by atoms with Gasteiger partial charge in [-0.3, -0.25) is 5.10 Å². The summed E-state index contributed by atoms with van der Waals surface area (Å²) < 4.78 is 22.8. The fraction of sp³-hybridized carbons (Fsp3) is 0.308. The van der Waals surface area contributed by atoms with Gasteiger partial charge in [0.05, 0.1) is 10.6 Å². The second-order valence-corrected chi connectivity index (χ2v) is 6.34. The minimum Gasteiger partial charge on any atom is -0.282 e. The molecular weight excluding hydrogens is 248 g/mol. The molecule has 2 aromatic rings. The summed E-state index contributed by atoms with van der Waals surface area (Å²) in [5, 5.41) is 7.20. The monoisotopic (exact) mass is 264 g/mol. The Morgan fingerprint density at radius 2 is 1.83 bits per heavy atom. The highest BCUT2D eigenvalue weighted by molar-refractivity contribution is 7.90. The molecule has 0 spiro atoms. The van der Waals surface area contributed by atoms with Crippen molar-refractivity contribution in [1.29, 1.82) is 0 Å². The lowest BCUT2D eigenvalue weighted by Crippen LogP contribution is -1.96. The van der Waals surface area contributed by atoms with E-state index in [-0.39, 0.29) is 0 Å². The molecule has 1 aromatic carbocycles. The van der Waals surface area contributed by atoms with Crippen LogP contribution in [-0.2, 0) is 16.3 Å². The van der Waals surface area contributed by atoms with Crippen molar-refractivity contribution in [2.24, 2.45) is 0 Å². The number of H-pyrrole nitrogens is 1. The zero-order valence-corrected chi connectivity index (χ0v) is 11.5. The minimum absolute atomic E-state index is 0.338. The number of benzene rings is 1. The Kier molecular flexibility index (Phi) is 3.26. The number of sulfone groups is 1. The lowest BCUT2D eigenvalue weighted by atomic mass is 10.0. The van der Waals surface area contributed by atoms with E-state index in [1.165, 1.54) is 6.26 Å². The zero-order valence-electron chi connectivity index (χ0n) is 10.7. The van der Waals surface area contributed by atoms with Gasteiger partial charge in [-0.05, 0) is 31.0 Å². The number of aromatic amines is 1. The summed E-state index contributed by atoms with van der Waals surface area (Å²) in [5.74, 6) is 0. The van der Waals surface area contributed by atoms with Gasteiger partial charge in [-0.15, -0.1) is 0 Å². The van der Waals surface area contributed by atoms with Crippen LogP contribution >= 0.6 is 0 Å². The molecule has 0 saturated heterocycles. The van der Waals surface area contributed by atoms with Crippen molar-refractivity contribution >= 4 is 9.84 Å². The van der Waals surface area contributed by atoms with Crippen molar-refractivity contribution in [2.45, 2.75) is 25.2 Å². The fourth-order valence-corrected chi connectivity index (χ4v) is 2.62. The summed E-state index contributed by atoms with van der Waals surface area (Å²) in [6.07, 6.45) is 2.05. The van der Waals surface area contributed by atoms with Crippen molar-refractivity contribution in [2.75, 3.05) is 6.26 Å². The Balaban J connectivity index is 2.50. The topological polar surface area (TPSA) is 62.8 Å². The molecule has 0 fully saturated rings. The first kappa shape index (κ1) is 12.8. The van der Waals surface area contributed by atoms with E-state index in [4.69, 9.17) is 0 Å². The molecule has 5 heteroatoms. The molecule has 0 radical (unpaired) electrons. The molecule has 1 N–H and O–H groups in total. The van der Waals surface area contributed by atoms with E-state index in [1.807, 2.05) is 26.0 Å². The first-order chi connectivity index (χ1) is 8.43. The average Bonchev–Trinajstić information content (AvgIpc) is 2.69. The van der Waals surface area contributed by atoms with Gasteiger partial charge in [0.2, 0.25) is 0 Å². The van der Waals surface area contributed by atoms with Crippen molar-refractivity contribution < 1.29 is 8.42 Å². The van der Waals surface area contributed by atoms with E-state index >= 15 is 0 Å². The fourth-order valence-electron chi connectivity index (χ4n) is 1.99. The van der Waals surface area contributed by atoms with Crippen LogP contribution in [0.2, 0.25) is 0 Å². The van der Waals surface area contributed by atoms with Gasteiger partial charge in [0.25, 0.3) is 0 Å². The molecule has 4 nitrogen and oxygen atoms in total. The van der Waals surface area contributed by atoms with Gasteiger partial charge in [-0.25, -0.2) is 8.42 Å². The number of nitrogens with one attached hydrogen (secondary N) is 1. The summed E-state index contributed by atoms with van der Waals surface area (Å²) in [5.41, 5.74) is 4.06. The van der Waals surface area contributed by atoms with Crippen LogP contribution in [0.1, 0.15) is 18.3 Å². The SMILES string of the molecule is CCc1n[nH]c(C)c1-c1ccc(S(C)(=O)=O)cc1. The van der Waals surface area contributed by atoms with Crippen LogP contribution in [0.5, 0.6) is 0 Å². The third-order valence-electron chi connectivity index (χ3n) is 2.93. The second-order valence-electron chi connectivity index (χ2n) is 4.32. The van der Waals surface area contributed by atoms with Crippen LogP contribution in [0.4, 0.5) is 0 Å². The average molecular weight is 264 g/mol. The Hall–Kier alpha value is -1.62. The number of aromatic nitrogens is 2. The molecule has 0 unspecified atom stereocenters. The smallest absolute Gasteiger partial charge is 0.175 e. The van der Waals surface area contributed by atoms with Crippen LogP contribution < -0.4 is 0 Å². The largest absolute Gasteiger partial charge is 0.282 e. The third kappa shape index (κ3) is 2.31. The lowest BCUT2D eigenvalue weighted by Gasteiger charge is -2.04. The quantitative estimate of drug-likeness (QED) is 0.925. The first-order valence-corrected chi connectivity index (χ1v) is 7.67. The van der Waals surface area contributed by atoms with Gasteiger partial charge in [0.1, 0.15) is 0 Å². The highest BCUT2D eigenvalue weighted by Gasteiger charge is 2.12. The molecule has 18 heavy (non-hydrogen) atoms. The van der Waals surface area contributed by atoms with Crippen LogP contribution in [-0.4, -0.2) is 24.9 Å². The standard InChI is InChI=1S/C13H16N2O2S/c1-4-12-13(9(2)14-15-12)10-5-7-11(8-6-10)18(3,16)17/h5-8H,4H2,1-3H3,(H,14,15). The summed E-state index contributed by atoms with van der Waals surface area (Å²) in [7, 11) is -3.14. The lowest BCUT2D eigenvalue weighted by molar-refractivity contribution is 0.602. The molecule has 96 valence electrons. The van der Waals surface area contributed by atoms with E-state index < -0.39 is 9.84 Å². The number of rotatable bonds is 3. The molecular formula is C13H16N2O2S. The molecule has 0 aliphatic rings. The Morgan fingerprint density at radius 3 is 2.33 bits per heavy atom. The van der Waals surface area contributed by atoms with Gasteiger partial charge in [0, 0.05) is 17.5 Å². The molecule has 1 aromatic heterocycles. The molecule has 1 heterocycles. The Labute approximate surface area is 107 Å². The maximum Gasteiger partial charge on any atom is 0.175 e. The summed E-state index contributed by atoms with van der Waals surface area (Å²) in [6, 6.07) is 6.92. The van der Waals surface area contributed by atoms with Crippen LogP contribution in [0.15, 0.2) is 29.2 Å². The van der Waals surface area contributed by atoms with Crippen LogP contribution in [0.3, 0.4) is 0 Å². The Bertz CT molecular complexity index is 655. The van der Waals surface area contributed by atoms with E-state index in [1.54, 1.807) is 12.1 Å². The maximum atomic E-state index is 11.4. The predicted molar refractivity (Wildman–Crippen MR) is 71.2 cm³/mol. The molecule has 2 rings (SSSR count). The molecule has 0 aliphatic carbocycles. The minimum atomic E-state index is -3.14. The maximum absolute atomic E-state index is 11.4. The summed E-state index contributed by atoms with van der Waals surface area (Å²) >= 11 is 0. The van der Waals surface area contributed by atoms with Gasteiger partial charge < -0.3 is 0 Å². The van der Waals surface area contributed by atoms with Gasteiger partial charge in [-0.2, -0.15) is 5.10 Å². The molecule has 0 amide bonds. The molecule has 0 bridgehead atoms. The molecule has 0 atom stereocenters. The van der Waals surface area contributed by atoms with E-state index in [2.05, 4.69) is 10.2 Å². The number of hydrogen-bond donors (Lipinski definition) is 1. The van der Waals surface area contributed by atoms with Crippen molar-refractivity contribution in [3.63, 3.8) is 0 Å². The summed E-state index contributed by atoms with van der Waals surface area (Å²) in [6.45, 7) is 4.01. The van der Waals surface area contributed by atoms with Gasteiger partial charge >= 0.3 is 0 Å². The van der Waals surface area contributed by atoms with Gasteiger partial charge in [0.15, 0.2) is 9.84 Å². The number of nitrogens with zero attached hydrogens (tertiary/aromatic N) is 1. The van der Waals surface area contributed by atoms with Gasteiger partial charge in [-0.1, -0.05) is 19.1 Å². The van der Waals surface area contributed by atoms with Crippen molar-refractivity contribution in [3.8, 4) is 11.1 Å². The second kappa shape index (κ2) is 4.57. The predicted octanol–water partition coefficient (Wildman–Crippen LogP) is 2.35. The van der Waals surface area contributed by atoms with Crippen LogP contribution in [0, 0.1) is 6.92 Å².